The number of aromatic nitrogens is 1. The molecule has 2 heterocycles. The molecular formula is C13H14Br2N2O3. The number of hydrogen-bond acceptors (Lipinski definition) is 3. The zero-order valence-electron chi connectivity index (χ0n) is 10.8. The molecule has 0 bridgehead atoms. The van der Waals surface area contributed by atoms with Crippen LogP contribution in [0.1, 0.15) is 31.5 Å². The van der Waals surface area contributed by atoms with Crippen LogP contribution in [0.2, 0.25) is 0 Å². The lowest BCUT2D eigenvalue weighted by molar-refractivity contribution is -0.142. The van der Waals surface area contributed by atoms with E-state index in [-0.39, 0.29) is 12.3 Å². The second-order valence-corrected chi connectivity index (χ2v) is 6.47. The summed E-state index contributed by atoms with van der Waals surface area (Å²) in [5, 5.41) is 9.36. The minimum absolute atomic E-state index is 0.0319. The van der Waals surface area contributed by atoms with Crippen LogP contribution in [0, 0.1) is 5.92 Å². The zero-order chi connectivity index (χ0) is 14.9. The average Bonchev–Trinajstić information content (AvgIpc) is 2.68. The van der Waals surface area contributed by atoms with Gasteiger partial charge in [0.25, 0.3) is 0 Å². The van der Waals surface area contributed by atoms with Gasteiger partial charge in [-0.25, -0.2) is 0 Å². The van der Waals surface area contributed by atoms with E-state index in [0.717, 1.165) is 10.9 Å². The third-order valence-corrected chi connectivity index (χ3v) is 4.40. The largest absolute Gasteiger partial charge is 0.481 e. The van der Waals surface area contributed by atoms with Crippen molar-refractivity contribution in [2.45, 2.75) is 25.8 Å². The Kier molecular flexibility index (Phi) is 4.80. The highest BCUT2D eigenvalue weighted by Gasteiger charge is 2.45. The number of likely N-dealkylation sites (tertiary alicyclic amines) is 1. The first-order chi connectivity index (χ1) is 9.45. The van der Waals surface area contributed by atoms with Crippen LogP contribution in [0.5, 0.6) is 0 Å². The van der Waals surface area contributed by atoms with Crippen LogP contribution < -0.4 is 0 Å². The van der Waals surface area contributed by atoms with E-state index in [9.17, 15) is 14.7 Å². The van der Waals surface area contributed by atoms with Gasteiger partial charge in [0.05, 0.1) is 17.7 Å². The summed E-state index contributed by atoms with van der Waals surface area (Å²) < 4.78 is 1.50. The fraction of sp³-hybridized carbons (Fsp3) is 0.462. The van der Waals surface area contributed by atoms with Gasteiger partial charge >= 0.3 is 5.97 Å². The van der Waals surface area contributed by atoms with Crippen LogP contribution in [0.25, 0.3) is 0 Å². The Hall–Kier alpha value is -0.950. The lowest BCUT2D eigenvalue weighted by Crippen LogP contribution is -2.32. The maximum atomic E-state index is 12.1. The number of carbonyl (C=O) groups excluding carboxylic acids is 1. The number of carboxylic acids is 1. The molecule has 5 nitrogen and oxygen atoms in total. The van der Waals surface area contributed by atoms with Crippen molar-refractivity contribution in [3.63, 3.8) is 0 Å². The molecule has 0 saturated carbocycles. The molecule has 0 aromatic carbocycles. The summed E-state index contributed by atoms with van der Waals surface area (Å²) in [4.78, 5) is 29.4. The second-order valence-electron chi connectivity index (χ2n) is 4.70. The number of hydrogen-bond donors (Lipinski definition) is 1. The quantitative estimate of drug-likeness (QED) is 0.835. The Morgan fingerprint density at radius 3 is 2.80 bits per heavy atom. The Balaban J connectivity index is 2.46. The van der Waals surface area contributed by atoms with Gasteiger partial charge < -0.3 is 10.0 Å². The molecule has 108 valence electrons. The van der Waals surface area contributed by atoms with Gasteiger partial charge in [-0.05, 0) is 44.3 Å². The summed E-state index contributed by atoms with van der Waals surface area (Å²) in [7, 11) is 0. The standard InChI is InChI=1S/C13H14Br2N2O3/c1-2-3-17-10(18)5-8(13(19)20)12(17)11-9(15)4-7(14)6-16-11/h4,6,8,12H,2-3,5H2,1H3,(H,19,20). The lowest BCUT2D eigenvalue weighted by Gasteiger charge is -2.26. The number of aliphatic carboxylic acids is 1. The summed E-state index contributed by atoms with van der Waals surface area (Å²) >= 11 is 6.73. The average molecular weight is 406 g/mol. The molecule has 20 heavy (non-hydrogen) atoms. The van der Waals surface area contributed by atoms with Crippen molar-refractivity contribution in [2.24, 2.45) is 5.92 Å². The van der Waals surface area contributed by atoms with Gasteiger partial charge in [0.2, 0.25) is 5.91 Å². The third kappa shape index (κ3) is 2.88. The van der Waals surface area contributed by atoms with Crippen molar-refractivity contribution >= 4 is 43.7 Å². The molecule has 2 unspecified atom stereocenters. The SMILES string of the molecule is CCCN1C(=O)CC(C(=O)O)C1c1ncc(Br)cc1Br. The third-order valence-electron chi connectivity index (χ3n) is 3.33. The fourth-order valence-corrected chi connectivity index (χ4v) is 3.72. The molecule has 1 fully saturated rings. The monoisotopic (exact) mass is 404 g/mol. The van der Waals surface area contributed by atoms with Crippen LogP contribution in [0.15, 0.2) is 21.2 Å². The number of carboxylic acid groups (broad SMARTS) is 1. The van der Waals surface area contributed by atoms with Crippen molar-refractivity contribution in [3.05, 3.63) is 26.9 Å². The summed E-state index contributed by atoms with van der Waals surface area (Å²) in [5.74, 6) is -1.83. The maximum absolute atomic E-state index is 12.1. The zero-order valence-corrected chi connectivity index (χ0v) is 14.0. The van der Waals surface area contributed by atoms with E-state index in [1.807, 2.05) is 13.0 Å². The Morgan fingerprint density at radius 1 is 1.55 bits per heavy atom. The van der Waals surface area contributed by atoms with Crippen molar-refractivity contribution in [2.75, 3.05) is 6.54 Å². The van der Waals surface area contributed by atoms with Crippen LogP contribution in [-0.2, 0) is 9.59 Å². The van der Waals surface area contributed by atoms with Crippen molar-refractivity contribution in [1.82, 2.24) is 9.88 Å². The molecule has 1 amide bonds. The van der Waals surface area contributed by atoms with Gasteiger partial charge in [-0.2, -0.15) is 0 Å². The molecule has 1 aliphatic rings. The Bertz CT molecular complexity index is 550. The summed E-state index contributed by atoms with van der Waals surface area (Å²) in [5.41, 5.74) is 0.597. The molecule has 1 saturated heterocycles. The molecule has 2 atom stereocenters. The van der Waals surface area contributed by atoms with E-state index in [0.29, 0.717) is 16.7 Å². The highest BCUT2D eigenvalue weighted by atomic mass is 79.9. The first-order valence-electron chi connectivity index (χ1n) is 6.29. The Morgan fingerprint density at radius 2 is 2.25 bits per heavy atom. The lowest BCUT2D eigenvalue weighted by atomic mass is 9.97. The van der Waals surface area contributed by atoms with Crippen LogP contribution in [0.4, 0.5) is 0 Å². The van der Waals surface area contributed by atoms with Crippen LogP contribution in [-0.4, -0.2) is 33.4 Å². The molecule has 1 N–H and O–H groups in total. The first kappa shape index (κ1) is 15.4. The predicted molar refractivity (Wildman–Crippen MR) is 80.1 cm³/mol. The smallest absolute Gasteiger partial charge is 0.309 e. The van der Waals surface area contributed by atoms with E-state index in [2.05, 4.69) is 36.8 Å². The van der Waals surface area contributed by atoms with Crippen molar-refractivity contribution in [1.29, 1.82) is 0 Å². The van der Waals surface area contributed by atoms with Gasteiger partial charge in [0.1, 0.15) is 0 Å². The van der Waals surface area contributed by atoms with Crippen molar-refractivity contribution < 1.29 is 14.7 Å². The number of pyridine rings is 1. The van der Waals surface area contributed by atoms with Gasteiger partial charge in [-0.3, -0.25) is 14.6 Å². The highest BCUT2D eigenvalue weighted by molar-refractivity contribution is 9.11. The molecule has 1 aromatic rings. The number of amides is 1. The normalized spacial score (nSPS) is 22.4. The molecule has 0 radical (unpaired) electrons. The van der Waals surface area contributed by atoms with Crippen LogP contribution in [0.3, 0.4) is 0 Å². The van der Waals surface area contributed by atoms with Crippen LogP contribution >= 0.6 is 31.9 Å². The van der Waals surface area contributed by atoms with E-state index < -0.39 is 17.9 Å². The Labute approximate surface area is 133 Å². The minimum atomic E-state index is -0.960. The molecule has 1 aliphatic heterocycles. The van der Waals surface area contributed by atoms with E-state index >= 15 is 0 Å². The predicted octanol–water partition coefficient (Wildman–Crippen LogP) is 2.99. The summed E-state index contributed by atoms with van der Waals surface area (Å²) in [6.07, 6.45) is 2.43. The van der Waals surface area contributed by atoms with Gasteiger partial charge in [-0.1, -0.05) is 6.92 Å². The number of nitrogens with zero attached hydrogens (tertiary/aromatic N) is 2. The molecule has 0 spiro atoms. The van der Waals surface area contributed by atoms with Gasteiger partial charge in [0.15, 0.2) is 0 Å². The minimum Gasteiger partial charge on any atom is -0.481 e. The molecule has 0 aliphatic carbocycles. The number of carbonyl (C=O) groups is 2. The van der Waals surface area contributed by atoms with E-state index in [4.69, 9.17) is 0 Å². The second kappa shape index (κ2) is 6.22. The van der Waals surface area contributed by atoms with Gasteiger partial charge in [-0.15, -0.1) is 0 Å². The summed E-state index contributed by atoms with van der Waals surface area (Å²) in [6.45, 7) is 2.50. The number of halogens is 2. The first-order valence-corrected chi connectivity index (χ1v) is 7.87. The van der Waals surface area contributed by atoms with E-state index in [1.54, 1.807) is 11.1 Å². The molecular weight excluding hydrogens is 392 g/mol. The fourth-order valence-electron chi connectivity index (χ4n) is 2.50. The topological polar surface area (TPSA) is 70.5 Å². The van der Waals surface area contributed by atoms with Gasteiger partial charge in [0, 0.05) is 28.1 Å². The molecule has 1 aromatic heterocycles. The summed E-state index contributed by atoms with van der Waals surface area (Å²) in [6, 6.07) is 1.30. The maximum Gasteiger partial charge on any atom is 0.309 e. The molecule has 7 heteroatoms. The number of rotatable bonds is 4. The molecule has 2 rings (SSSR count). The van der Waals surface area contributed by atoms with Crippen molar-refractivity contribution in [3.8, 4) is 0 Å². The highest BCUT2D eigenvalue weighted by Crippen LogP contribution is 2.40. The van der Waals surface area contributed by atoms with E-state index in [1.165, 1.54) is 0 Å².